The lowest BCUT2D eigenvalue weighted by Crippen LogP contribution is -2.42. The predicted octanol–water partition coefficient (Wildman–Crippen LogP) is 3.27. The van der Waals surface area contributed by atoms with Gasteiger partial charge in [-0.2, -0.15) is 11.8 Å². The third kappa shape index (κ3) is 2.80. The van der Waals surface area contributed by atoms with E-state index < -0.39 is 5.60 Å². The van der Waals surface area contributed by atoms with E-state index in [9.17, 15) is 5.11 Å². The van der Waals surface area contributed by atoms with Crippen LogP contribution in [0.5, 0.6) is 0 Å². The molecule has 2 unspecified atom stereocenters. The Hall–Kier alpha value is -0.470. The van der Waals surface area contributed by atoms with Gasteiger partial charge in [-0.25, -0.2) is 0 Å². The molecular formula is C14H20OS. The Bertz CT molecular complexity index is 325. The summed E-state index contributed by atoms with van der Waals surface area (Å²) in [6, 6.07) is 10.5. The number of thioether (sulfide) groups is 1. The molecule has 1 aliphatic rings. The van der Waals surface area contributed by atoms with E-state index in [1.54, 1.807) is 0 Å². The van der Waals surface area contributed by atoms with Crippen LogP contribution in [-0.4, -0.2) is 21.7 Å². The number of aryl methyl sites for hydroxylation is 1. The molecule has 1 fully saturated rings. The van der Waals surface area contributed by atoms with Gasteiger partial charge in [0.25, 0.3) is 0 Å². The lowest BCUT2D eigenvalue weighted by molar-refractivity contribution is 0.0212. The minimum Gasteiger partial charge on any atom is -0.389 e. The van der Waals surface area contributed by atoms with Crippen LogP contribution in [0.15, 0.2) is 30.3 Å². The molecule has 1 nitrogen and oxygen atoms in total. The third-order valence-electron chi connectivity index (χ3n) is 3.57. The number of benzene rings is 1. The van der Waals surface area contributed by atoms with Gasteiger partial charge in [-0.1, -0.05) is 37.3 Å². The van der Waals surface area contributed by atoms with Crippen molar-refractivity contribution >= 4 is 11.8 Å². The van der Waals surface area contributed by atoms with E-state index >= 15 is 0 Å². The van der Waals surface area contributed by atoms with Crippen molar-refractivity contribution < 1.29 is 5.11 Å². The molecule has 2 rings (SSSR count). The molecule has 0 bridgehead atoms. The zero-order chi connectivity index (χ0) is 11.4. The van der Waals surface area contributed by atoms with E-state index in [1.807, 2.05) is 17.8 Å². The van der Waals surface area contributed by atoms with Crippen molar-refractivity contribution in [3.63, 3.8) is 0 Å². The second-order valence-electron chi connectivity index (χ2n) is 4.71. The maximum absolute atomic E-state index is 10.6. The summed E-state index contributed by atoms with van der Waals surface area (Å²) in [7, 11) is 0. The third-order valence-corrected chi connectivity index (χ3v) is 5.03. The quantitative estimate of drug-likeness (QED) is 0.869. The highest BCUT2D eigenvalue weighted by Crippen LogP contribution is 2.36. The standard InChI is InChI=1S/C14H20OS/c1-12-14(15,9-5-11-16-12)10-8-13-6-3-2-4-7-13/h2-4,6-7,12,15H,5,8-11H2,1H3. The fourth-order valence-corrected chi connectivity index (χ4v) is 3.54. The van der Waals surface area contributed by atoms with E-state index in [1.165, 1.54) is 11.3 Å². The smallest absolute Gasteiger partial charge is 0.0766 e. The fraction of sp³-hybridized carbons (Fsp3) is 0.571. The summed E-state index contributed by atoms with van der Waals surface area (Å²) in [5, 5.41) is 11.0. The average molecular weight is 236 g/mol. The first-order chi connectivity index (χ1) is 7.71. The van der Waals surface area contributed by atoms with E-state index in [4.69, 9.17) is 0 Å². The highest BCUT2D eigenvalue weighted by Gasteiger charge is 2.35. The zero-order valence-electron chi connectivity index (χ0n) is 9.86. The monoisotopic (exact) mass is 236 g/mol. The Balaban J connectivity index is 1.93. The molecule has 0 aliphatic carbocycles. The molecule has 1 heterocycles. The number of aliphatic hydroxyl groups is 1. The van der Waals surface area contributed by atoms with Gasteiger partial charge in [0.15, 0.2) is 0 Å². The SMILES string of the molecule is CC1SCCCC1(O)CCc1ccccc1. The van der Waals surface area contributed by atoms with Gasteiger partial charge in [0, 0.05) is 5.25 Å². The molecule has 1 aromatic carbocycles. The molecular weight excluding hydrogens is 216 g/mol. The molecule has 0 radical (unpaired) electrons. The first kappa shape index (κ1) is 12.0. The van der Waals surface area contributed by atoms with Crippen molar-refractivity contribution in [2.75, 3.05) is 5.75 Å². The van der Waals surface area contributed by atoms with Crippen LogP contribution in [0.4, 0.5) is 0 Å². The van der Waals surface area contributed by atoms with Gasteiger partial charge in [0.1, 0.15) is 0 Å². The van der Waals surface area contributed by atoms with Crippen molar-refractivity contribution in [1.29, 1.82) is 0 Å². The molecule has 1 aromatic rings. The lowest BCUT2D eigenvalue weighted by Gasteiger charge is -2.37. The number of hydrogen-bond donors (Lipinski definition) is 1. The maximum Gasteiger partial charge on any atom is 0.0766 e. The Morgan fingerprint density at radius 2 is 2.12 bits per heavy atom. The summed E-state index contributed by atoms with van der Waals surface area (Å²) < 4.78 is 0. The molecule has 1 N–H and O–H groups in total. The van der Waals surface area contributed by atoms with Crippen molar-refractivity contribution in [3.05, 3.63) is 35.9 Å². The molecule has 88 valence electrons. The van der Waals surface area contributed by atoms with E-state index in [0.717, 1.165) is 25.7 Å². The minimum absolute atomic E-state index is 0.380. The van der Waals surface area contributed by atoms with Gasteiger partial charge in [0.2, 0.25) is 0 Å². The summed E-state index contributed by atoms with van der Waals surface area (Å²) in [6.45, 7) is 2.16. The van der Waals surface area contributed by atoms with Gasteiger partial charge in [-0.15, -0.1) is 0 Å². The zero-order valence-corrected chi connectivity index (χ0v) is 10.7. The fourth-order valence-electron chi connectivity index (χ4n) is 2.33. The second-order valence-corrected chi connectivity index (χ2v) is 6.15. The lowest BCUT2D eigenvalue weighted by atomic mass is 9.87. The van der Waals surface area contributed by atoms with Crippen molar-refractivity contribution in [2.24, 2.45) is 0 Å². The van der Waals surface area contributed by atoms with Crippen LogP contribution in [-0.2, 0) is 6.42 Å². The normalized spacial score (nSPS) is 30.2. The Morgan fingerprint density at radius 1 is 1.38 bits per heavy atom. The van der Waals surface area contributed by atoms with Crippen LogP contribution in [0.2, 0.25) is 0 Å². The molecule has 1 aliphatic heterocycles. The average Bonchev–Trinajstić information content (AvgIpc) is 2.32. The number of rotatable bonds is 3. The van der Waals surface area contributed by atoms with Crippen molar-refractivity contribution in [2.45, 2.75) is 43.5 Å². The summed E-state index contributed by atoms with van der Waals surface area (Å²) >= 11 is 1.91. The highest BCUT2D eigenvalue weighted by atomic mass is 32.2. The van der Waals surface area contributed by atoms with Crippen molar-refractivity contribution in [3.8, 4) is 0 Å². The first-order valence-corrected chi connectivity index (χ1v) is 7.13. The van der Waals surface area contributed by atoms with Gasteiger partial charge in [-0.05, 0) is 37.0 Å². The second kappa shape index (κ2) is 5.24. The van der Waals surface area contributed by atoms with Gasteiger partial charge < -0.3 is 5.11 Å². The van der Waals surface area contributed by atoms with Crippen molar-refractivity contribution in [1.82, 2.24) is 0 Å². The summed E-state index contributed by atoms with van der Waals surface area (Å²) in [6.07, 6.45) is 4.00. The van der Waals surface area contributed by atoms with E-state index in [0.29, 0.717) is 5.25 Å². The summed E-state index contributed by atoms with van der Waals surface area (Å²) in [5.41, 5.74) is 0.886. The van der Waals surface area contributed by atoms with Crippen LogP contribution < -0.4 is 0 Å². The Labute approximate surface area is 102 Å². The number of hydrogen-bond acceptors (Lipinski definition) is 2. The van der Waals surface area contributed by atoms with Crippen LogP contribution >= 0.6 is 11.8 Å². The summed E-state index contributed by atoms with van der Waals surface area (Å²) in [4.78, 5) is 0. The van der Waals surface area contributed by atoms with Gasteiger partial charge in [0.05, 0.1) is 5.60 Å². The minimum atomic E-state index is -0.446. The molecule has 0 amide bonds. The van der Waals surface area contributed by atoms with E-state index in [-0.39, 0.29) is 0 Å². The summed E-state index contributed by atoms with van der Waals surface area (Å²) in [5.74, 6) is 1.20. The molecule has 1 saturated heterocycles. The highest BCUT2D eigenvalue weighted by molar-refractivity contribution is 8.00. The maximum atomic E-state index is 10.6. The van der Waals surface area contributed by atoms with Gasteiger partial charge in [-0.3, -0.25) is 0 Å². The topological polar surface area (TPSA) is 20.2 Å². The largest absolute Gasteiger partial charge is 0.389 e. The van der Waals surface area contributed by atoms with Gasteiger partial charge >= 0.3 is 0 Å². The first-order valence-electron chi connectivity index (χ1n) is 6.09. The van der Waals surface area contributed by atoms with Crippen LogP contribution in [0.3, 0.4) is 0 Å². The molecule has 2 atom stereocenters. The Morgan fingerprint density at radius 3 is 2.81 bits per heavy atom. The molecule has 0 saturated carbocycles. The van der Waals surface area contributed by atoms with Crippen LogP contribution in [0, 0.1) is 0 Å². The van der Waals surface area contributed by atoms with Crippen LogP contribution in [0.25, 0.3) is 0 Å². The molecule has 0 spiro atoms. The predicted molar refractivity (Wildman–Crippen MR) is 70.9 cm³/mol. The molecule has 16 heavy (non-hydrogen) atoms. The Kier molecular flexibility index (Phi) is 3.93. The van der Waals surface area contributed by atoms with Crippen LogP contribution in [0.1, 0.15) is 31.7 Å². The molecule has 2 heteroatoms. The van der Waals surface area contributed by atoms with E-state index in [2.05, 4.69) is 31.2 Å². The molecule has 0 aromatic heterocycles.